The Morgan fingerprint density at radius 3 is 2.53 bits per heavy atom. The van der Waals surface area contributed by atoms with Gasteiger partial charge < -0.3 is 10.2 Å². The average Bonchev–Trinajstić information content (AvgIpc) is 3.57. The molecule has 1 N–H and O–H groups in total. The second kappa shape index (κ2) is 9.10. The second-order valence-electron chi connectivity index (χ2n) is 10.5. The molecule has 1 aliphatic carbocycles. The Kier molecular flexibility index (Phi) is 6.35. The van der Waals surface area contributed by atoms with Crippen LogP contribution >= 0.6 is 11.3 Å². The lowest BCUT2D eigenvalue weighted by Gasteiger charge is -2.38. The first kappa shape index (κ1) is 25.1. The number of fused-ring (bicyclic) bond motifs is 1. The maximum absolute atomic E-state index is 13.6. The number of aryl methyl sites for hydroxylation is 1. The second-order valence-corrected chi connectivity index (χ2v) is 11.6. The number of alkyl halides is 3. The Hall–Kier alpha value is -2.52. The molecule has 2 aliphatic rings. The van der Waals surface area contributed by atoms with Crippen molar-refractivity contribution in [2.24, 2.45) is 5.41 Å². The van der Waals surface area contributed by atoms with Crippen LogP contribution in [0.3, 0.4) is 0 Å². The first-order chi connectivity index (χ1) is 17.0. The molecule has 0 amide bonds. The number of carbonyl (C=O) groups excluding carboxylic acids is 1. The van der Waals surface area contributed by atoms with Crippen LogP contribution in [0.25, 0.3) is 10.1 Å². The molecule has 0 bridgehead atoms. The molecule has 3 aromatic rings. The molecule has 1 aromatic carbocycles. The number of benzene rings is 1. The summed E-state index contributed by atoms with van der Waals surface area (Å²) in [6.45, 7) is 9.15. The Labute approximate surface area is 213 Å². The van der Waals surface area contributed by atoms with Gasteiger partial charge in [-0.3, -0.25) is 4.79 Å². The molecule has 2 fully saturated rings. The highest BCUT2D eigenvalue weighted by atomic mass is 32.1. The van der Waals surface area contributed by atoms with E-state index in [1.165, 1.54) is 37.2 Å². The van der Waals surface area contributed by atoms with Crippen molar-refractivity contribution >= 4 is 33.0 Å². The molecule has 5 rings (SSSR count). The highest BCUT2D eigenvalue weighted by molar-refractivity contribution is 7.21. The number of anilines is 1. The summed E-state index contributed by atoms with van der Waals surface area (Å²) >= 11 is 1.44. The molecular weight excluding hydrogens is 485 g/mol. The molecule has 3 heterocycles. The van der Waals surface area contributed by atoms with Crippen molar-refractivity contribution in [1.82, 2.24) is 15.1 Å². The molecule has 36 heavy (non-hydrogen) atoms. The van der Waals surface area contributed by atoms with Crippen LogP contribution in [0.4, 0.5) is 19.0 Å². The van der Waals surface area contributed by atoms with E-state index >= 15 is 0 Å². The minimum Gasteiger partial charge on any atom is -0.362 e. The topological polar surface area (TPSA) is 58.1 Å². The quantitative estimate of drug-likeness (QED) is 0.360. The number of hydrogen-bond donors (Lipinski definition) is 1. The number of aromatic nitrogens is 2. The van der Waals surface area contributed by atoms with Crippen LogP contribution in [0.15, 0.2) is 24.3 Å². The van der Waals surface area contributed by atoms with Crippen molar-refractivity contribution < 1.29 is 18.0 Å². The zero-order valence-electron chi connectivity index (χ0n) is 21.0. The van der Waals surface area contributed by atoms with Crippen LogP contribution < -0.4 is 5.32 Å². The van der Waals surface area contributed by atoms with Gasteiger partial charge in [-0.1, -0.05) is 19.1 Å². The van der Waals surface area contributed by atoms with Gasteiger partial charge in [0.05, 0.1) is 26.9 Å². The maximum Gasteiger partial charge on any atom is 0.416 e. The Morgan fingerprint density at radius 1 is 1.19 bits per heavy atom. The lowest BCUT2D eigenvalue weighted by atomic mass is 9.76. The number of hydrogen-bond acceptors (Lipinski definition) is 6. The highest BCUT2D eigenvalue weighted by Crippen LogP contribution is 2.42. The summed E-state index contributed by atoms with van der Waals surface area (Å²) in [6, 6.07) is 6.38. The van der Waals surface area contributed by atoms with Gasteiger partial charge in [0, 0.05) is 16.8 Å². The van der Waals surface area contributed by atoms with Crippen LogP contribution in [0, 0.1) is 19.3 Å². The molecule has 192 valence electrons. The first-order valence-corrected chi connectivity index (χ1v) is 13.3. The largest absolute Gasteiger partial charge is 0.416 e. The fraction of sp³-hybridized carbons (Fsp3) is 0.519. The van der Waals surface area contributed by atoms with Gasteiger partial charge in [-0.2, -0.15) is 18.3 Å². The van der Waals surface area contributed by atoms with E-state index in [1.54, 1.807) is 6.07 Å². The van der Waals surface area contributed by atoms with Gasteiger partial charge >= 0.3 is 6.18 Å². The van der Waals surface area contributed by atoms with Crippen LogP contribution in [-0.4, -0.2) is 40.0 Å². The molecule has 1 saturated heterocycles. The molecule has 0 spiro atoms. The van der Waals surface area contributed by atoms with Crippen molar-refractivity contribution in [3.8, 4) is 0 Å². The van der Waals surface area contributed by atoms with Crippen LogP contribution in [0.1, 0.15) is 77.6 Å². The molecule has 9 heteroatoms. The summed E-state index contributed by atoms with van der Waals surface area (Å²) in [7, 11) is 0. The molecule has 0 radical (unpaired) electrons. The van der Waals surface area contributed by atoms with E-state index in [2.05, 4.69) is 27.3 Å². The number of rotatable bonds is 6. The number of ketones is 1. The van der Waals surface area contributed by atoms with Gasteiger partial charge in [0.25, 0.3) is 0 Å². The van der Waals surface area contributed by atoms with Crippen molar-refractivity contribution in [2.45, 2.75) is 71.6 Å². The fourth-order valence-electron chi connectivity index (χ4n) is 5.34. The molecular formula is C27H31F3N4OS. The average molecular weight is 517 g/mol. The third-order valence-corrected chi connectivity index (χ3v) is 9.10. The molecule has 5 nitrogen and oxygen atoms in total. The van der Waals surface area contributed by atoms with E-state index in [1.807, 2.05) is 19.9 Å². The Balaban J connectivity index is 1.42. The summed E-state index contributed by atoms with van der Waals surface area (Å²) in [4.78, 5) is 16.9. The monoisotopic (exact) mass is 516 g/mol. The van der Waals surface area contributed by atoms with Crippen molar-refractivity contribution in [2.75, 3.05) is 18.4 Å². The fourth-order valence-corrected chi connectivity index (χ4v) is 6.53. The van der Waals surface area contributed by atoms with E-state index in [4.69, 9.17) is 0 Å². The Bertz CT molecular complexity index is 1310. The van der Waals surface area contributed by atoms with Gasteiger partial charge in [-0.05, 0) is 82.8 Å². The SMILES string of the molecule is Cc1c([C@@H](C)Nc2nnc(C)c3sc(C(=O)C4(C)CCN(C5CC5)CC4)cc23)cccc1C(F)(F)F. The van der Waals surface area contributed by atoms with Gasteiger partial charge in [0.2, 0.25) is 0 Å². The van der Waals surface area contributed by atoms with Crippen LogP contribution in [0.5, 0.6) is 0 Å². The lowest BCUT2D eigenvalue weighted by molar-refractivity contribution is -0.138. The number of halogens is 3. The summed E-state index contributed by atoms with van der Waals surface area (Å²) in [5.74, 6) is 0.634. The number of Topliss-reactive ketones (excluding diaryl/α,β-unsaturated/α-hetero) is 1. The summed E-state index contributed by atoms with van der Waals surface area (Å²) in [6.07, 6.45) is -0.167. The van der Waals surface area contributed by atoms with Gasteiger partial charge in [0.1, 0.15) is 0 Å². The van der Waals surface area contributed by atoms with Gasteiger partial charge in [-0.15, -0.1) is 16.4 Å². The summed E-state index contributed by atoms with van der Waals surface area (Å²) in [5.41, 5.74) is 0.431. The smallest absolute Gasteiger partial charge is 0.362 e. The highest BCUT2D eigenvalue weighted by Gasteiger charge is 2.41. The number of nitrogens with zero attached hydrogens (tertiary/aromatic N) is 3. The number of piperidine rings is 1. The van der Waals surface area contributed by atoms with Gasteiger partial charge in [-0.25, -0.2) is 0 Å². The van der Waals surface area contributed by atoms with E-state index < -0.39 is 23.2 Å². The minimum absolute atomic E-state index is 0.159. The number of nitrogens with one attached hydrogen (secondary N) is 1. The van der Waals surface area contributed by atoms with Gasteiger partial charge in [0.15, 0.2) is 11.6 Å². The zero-order valence-corrected chi connectivity index (χ0v) is 21.8. The summed E-state index contributed by atoms with van der Waals surface area (Å²) in [5, 5.41) is 12.6. The number of carbonyl (C=O) groups is 1. The first-order valence-electron chi connectivity index (χ1n) is 12.5. The summed E-state index contributed by atoms with van der Waals surface area (Å²) < 4.78 is 41.1. The van der Waals surface area contributed by atoms with Crippen LogP contribution in [0.2, 0.25) is 0 Å². The molecule has 2 aromatic heterocycles. The normalized spacial score (nSPS) is 19.4. The van der Waals surface area contributed by atoms with E-state index in [-0.39, 0.29) is 11.3 Å². The minimum atomic E-state index is -4.41. The standard InChI is InChI=1S/C27H31F3N4OS/c1-15-19(6-5-7-21(15)27(28,29)30)16(2)31-25-20-14-22(36-23(20)17(3)32-33-25)24(35)26(4)10-12-34(13-11-26)18-8-9-18/h5-7,14,16,18H,8-13H2,1-4H3,(H,31,33)/t16-/m1/s1. The van der Waals surface area contributed by atoms with E-state index in [0.717, 1.165) is 47.8 Å². The van der Waals surface area contributed by atoms with E-state index in [9.17, 15) is 18.0 Å². The maximum atomic E-state index is 13.6. The number of likely N-dealkylation sites (tertiary alicyclic amines) is 1. The van der Waals surface area contributed by atoms with Crippen molar-refractivity contribution in [3.63, 3.8) is 0 Å². The predicted molar refractivity (Wildman–Crippen MR) is 137 cm³/mol. The molecule has 1 saturated carbocycles. The predicted octanol–water partition coefficient (Wildman–Crippen LogP) is 6.95. The molecule has 1 atom stereocenters. The third kappa shape index (κ3) is 4.63. The van der Waals surface area contributed by atoms with E-state index in [0.29, 0.717) is 22.3 Å². The van der Waals surface area contributed by atoms with Crippen molar-refractivity contribution in [1.29, 1.82) is 0 Å². The number of thiophene rings is 1. The molecule has 0 unspecified atom stereocenters. The Morgan fingerprint density at radius 2 is 1.89 bits per heavy atom. The van der Waals surface area contributed by atoms with Crippen LogP contribution in [-0.2, 0) is 6.18 Å². The lowest BCUT2D eigenvalue weighted by Crippen LogP contribution is -2.43. The van der Waals surface area contributed by atoms with Crippen molar-refractivity contribution in [3.05, 3.63) is 51.5 Å². The molecule has 1 aliphatic heterocycles. The third-order valence-electron chi connectivity index (χ3n) is 7.85. The zero-order chi connectivity index (χ0) is 25.8.